The second-order valence-electron chi connectivity index (χ2n) is 4.73. The van der Waals surface area contributed by atoms with Gasteiger partial charge in [0.05, 0.1) is 34.9 Å². The number of amides is 1. The van der Waals surface area contributed by atoms with Gasteiger partial charge in [0.2, 0.25) is 5.91 Å². The van der Waals surface area contributed by atoms with Gasteiger partial charge in [-0.2, -0.15) is 0 Å². The fraction of sp³-hybridized carbons (Fsp3) is 0.462. The van der Waals surface area contributed by atoms with Gasteiger partial charge in [-0.3, -0.25) is 19.8 Å². The summed E-state index contributed by atoms with van der Waals surface area (Å²) in [6.07, 6.45) is 0. The Morgan fingerprint density at radius 3 is 2.76 bits per heavy atom. The highest BCUT2D eigenvalue weighted by Gasteiger charge is 2.24. The number of carbonyl (C=O) groups is 1. The summed E-state index contributed by atoms with van der Waals surface area (Å²) < 4.78 is 5.24. The van der Waals surface area contributed by atoms with Gasteiger partial charge in [0.15, 0.2) is 0 Å². The lowest BCUT2D eigenvalue weighted by molar-refractivity contribution is -0.384. The molecule has 0 radical (unpaired) electrons. The summed E-state index contributed by atoms with van der Waals surface area (Å²) in [4.78, 5) is 24.4. The van der Waals surface area contributed by atoms with E-state index in [0.717, 1.165) is 0 Å². The monoisotopic (exact) mass is 313 g/mol. The van der Waals surface area contributed by atoms with Crippen LogP contribution in [0.3, 0.4) is 0 Å². The lowest BCUT2D eigenvalue weighted by atomic mass is 10.2. The topological polar surface area (TPSA) is 84.7 Å². The minimum Gasteiger partial charge on any atom is -0.379 e. The smallest absolute Gasteiger partial charge is 0.271 e. The van der Waals surface area contributed by atoms with Gasteiger partial charge >= 0.3 is 0 Å². The molecule has 1 aliphatic rings. The quantitative estimate of drug-likeness (QED) is 0.678. The van der Waals surface area contributed by atoms with E-state index < -0.39 is 4.92 Å². The molecule has 0 aromatic heterocycles. The molecule has 0 spiro atoms. The molecule has 0 saturated carbocycles. The number of hydrogen-bond acceptors (Lipinski definition) is 5. The van der Waals surface area contributed by atoms with Gasteiger partial charge in [-0.25, -0.2) is 0 Å². The number of hydrogen-bond donors (Lipinski definition) is 1. The molecule has 1 aromatic carbocycles. The number of carbonyl (C=O) groups excluding carboxylic acids is 1. The van der Waals surface area contributed by atoms with Crippen LogP contribution < -0.4 is 5.32 Å². The number of non-ortho nitro benzene ring substituents is 1. The van der Waals surface area contributed by atoms with Crippen molar-refractivity contribution in [1.29, 1.82) is 0 Å². The van der Waals surface area contributed by atoms with Gasteiger partial charge in [-0.1, -0.05) is 11.6 Å². The van der Waals surface area contributed by atoms with Gasteiger partial charge in [0.1, 0.15) is 0 Å². The van der Waals surface area contributed by atoms with E-state index in [1.54, 1.807) is 6.92 Å². The first-order valence-electron chi connectivity index (χ1n) is 6.55. The maximum absolute atomic E-state index is 12.2. The van der Waals surface area contributed by atoms with E-state index in [9.17, 15) is 14.9 Å². The molecule has 1 N–H and O–H groups in total. The summed E-state index contributed by atoms with van der Waals surface area (Å²) in [5.74, 6) is -0.251. The molecule has 1 amide bonds. The van der Waals surface area contributed by atoms with Gasteiger partial charge in [0, 0.05) is 25.2 Å². The Morgan fingerprint density at radius 1 is 1.48 bits per heavy atom. The van der Waals surface area contributed by atoms with Crippen LogP contribution in [0, 0.1) is 10.1 Å². The number of nitro groups is 1. The SMILES string of the molecule is CC(C(=O)Nc1cc([N+](=O)[O-])ccc1Cl)N1CCOCC1. The number of halogens is 1. The lowest BCUT2D eigenvalue weighted by Gasteiger charge is -2.31. The van der Waals surface area contributed by atoms with Crippen molar-refractivity contribution in [2.45, 2.75) is 13.0 Å². The summed E-state index contributed by atoms with van der Waals surface area (Å²) in [6.45, 7) is 4.32. The molecule has 1 aliphatic heterocycles. The molecule has 21 heavy (non-hydrogen) atoms. The van der Waals surface area contributed by atoms with Crippen molar-refractivity contribution in [3.05, 3.63) is 33.3 Å². The van der Waals surface area contributed by atoms with Crippen molar-refractivity contribution < 1.29 is 14.5 Å². The Morgan fingerprint density at radius 2 is 2.14 bits per heavy atom. The molecule has 114 valence electrons. The minimum atomic E-state index is -0.530. The number of ether oxygens (including phenoxy) is 1. The van der Waals surface area contributed by atoms with E-state index >= 15 is 0 Å². The number of morpholine rings is 1. The number of nitrogens with zero attached hydrogens (tertiary/aromatic N) is 2. The second kappa shape index (κ2) is 6.84. The Hall–Kier alpha value is -1.70. The molecule has 2 rings (SSSR count). The molecule has 1 aromatic rings. The normalized spacial score (nSPS) is 17.2. The zero-order valence-corrected chi connectivity index (χ0v) is 12.3. The number of anilines is 1. The molecule has 8 heteroatoms. The van der Waals surface area contributed by atoms with Crippen LogP contribution in [0.5, 0.6) is 0 Å². The average molecular weight is 314 g/mol. The van der Waals surface area contributed by atoms with E-state index in [-0.39, 0.29) is 28.3 Å². The zero-order chi connectivity index (χ0) is 15.4. The molecule has 1 unspecified atom stereocenters. The number of benzene rings is 1. The van der Waals surface area contributed by atoms with E-state index in [0.29, 0.717) is 26.3 Å². The highest BCUT2D eigenvalue weighted by Crippen LogP contribution is 2.27. The van der Waals surface area contributed by atoms with Crippen LogP contribution in [0.1, 0.15) is 6.92 Å². The molecule has 1 saturated heterocycles. The number of nitrogens with one attached hydrogen (secondary N) is 1. The van der Waals surface area contributed by atoms with Crippen molar-refractivity contribution in [2.24, 2.45) is 0 Å². The van der Waals surface area contributed by atoms with Gasteiger partial charge in [-0.15, -0.1) is 0 Å². The Kier molecular flexibility index (Phi) is 5.11. The number of nitro benzene ring substituents is 1. The van der Waals surface area contributed by atoms with Crippen LogP contribution in [0.25, 0.3) is 0 Å². The van der Waals surface area contributed by atoms with Crippen LogP contribution >= 0.6 is 11.6 Å². The number of rotatable bonds is 4. The van der Waals surface area contributed by atoms with Crippen molar-refractivity contribution in [2.75, 3.05) is 31.6 Å². The van der Waals surface area contributed by atoms with E-state index in [1.807, 2.05) is 4.90 Å². The first-order chi connectivity index (χ1) is 9.99. The standard InChI is InChI=1S/C13H16ClN3O4/c1-9(16-4-6-21-7-5-16)13(18)15-12-8-10(17(19)20)2-3-11(12)14/h2-3,8-9H,4-7H2,1H3,(H,15,18). The molecule has 1 atom stereocenters. The third kappa shape index (κ3) is 3.90. The largest absolute Gasteiger partial charge is 0.379 e. The Bertz CT molecular complexity index is 546. The van der Waals surface area contributed by atoms with E-state index in [1.165, 1.54) is 18.2 Å². The zero-order valence-electron chi connectivity index (χ0n) is 11.5. The maximum Gasteiger partial charge on any atom is 0.271 e. The van der Waals surface area contributed by atoms with Crippen molar-refractivity contribution in [3.63, 3.8) is 0 Å². The van der Waals surface area contributed by atoms with Crippen LogP contribution in [0.4, 0.5) is 11.4 Å². The third-order valence-electron chi connectivity index (χ3n) is 3.39. The predicted molar refractivity (Wildman–Crippen MR) is 78.6 cm³/mol. The molecule has 0 aliphatic carbocycles. The first kappa shape index (κ1) is 15.7. The average Bonchev–Trinajstić information content (AvgIpc) is 2.49. The molecular weight excluding hydrogens is 298 g/mol. The fourth-order valence-electron chi connectivity index (χ4n) is 2.09. The van der Waals surface area contributed by atoms with Crippen molar-refractivity contribution >= 4 is 28.9 Å². The van der Waals surface area contributed by atoms with Crippen molar-refractivity contribution in [3.8, 4) is 0 Å². The highest BCUT2D eigenvalue weighted by molar-refractivity contribution is 6.33. The van der Waals surface area contributed by atoms with Crippen LogP contribution in [-0.2, 0) is 9.53 Å². The summed E-state index contributed by atoms with van der Waals surface area (Å²) in [5.41, 5.74) is 0.129. The molecule has 0 bridgehead atoms. The Balaban J connectivity index is 2.07. The summed E-state index contributed by atoms with van der Waals surface area (Å²) in [6, 6.07) is 3.59. The Labute approximate surface area is 127 Å². The van der Waals surface area contributed by atoms with Gasteiger partial charge < -0.3 is 10.1 Å². The van der Waals surface area contributed by atoms with Crippen LogP contribution in [0.2, 0.25) is 5.02 Å². The predicted octanol–water partition coefficient (Wildman–Crippen LogP) is 1.91. The minimum absolute atomic E-state index is 0.117. The fourth-order valence-corrected chi connectivity index (χ4v) is 2.26. The van der Waals surface area contributed by atoms with E-state index in [4.69, 9.17) is 16.3 Å². The van der Waals surface area contributed by atoms with E-state index in [2.05, 4.69) is 5.32 Å². The first-order valence-corrected chi connectivity index (χ1v) is 6.93. The molecule has 1 heterocycles. The second-order valence-corrected chi connectivity index (χ2v) is 5.14. The van der Waals surface area contributed by atoms with Gasteiger partial charge in [-0.05, 0) is 13.0 Å². The van der Waals surface area contributed by atoms with Crippen LogP contribution in [-0.4, -0.2) is 48.1 Å². The highest BCUT2D eigenvalue weighted by atomic mass is 35.5. The summed E-state index contributed by atoms with van der Waals surface area (Å²) in [7, 11) is 0. The molecular formula is C13H16ClN3O4. The third-order valence-corrected chi connectivity index (χ3v) is 3.72. The lowest BCUT2D eigenvalue weighted by Crippen LogP contribution is -2.47. The summed E-state index contributed by atoms with van der Waals surface area (Å²) in [5, 5.41) is 13.7. The maximum atomic E-state index is 12.2. The van der Waals surface area contributed by atoms with Crippen molar-refractivity contribution in [1.82, 2.24) is 4.90 Å². The van der Waals surface area contributed by atoms with Crippen LogP contribution in [0.15, 0.2) is 18.2 Å². The van der Waals surface area contributed by atoms with Gasteiger partial charge in [0.25, 0.3) is 5.69 Å². The molecule has 1 fully saturated rings. The molecule has 7 nitrogen and oxygen atoms in total. The summed E-state index contributed by atoms with van der Waals surface area (Å²) >= 11 is 5.96.